The molecule has 1 unspecified atom stereocenters. The van der Waals surface area contributed by atoms with E-state index in [0.717, 1.165) is 0 Å². The first-order valence-electron chi connectivity index (χ1n) is 4.66. The van der Waals surface area contributed by atoms with Crippen molar-refractivity contribution in [2.45, 2.75) is 12.8 Å². The molecule has 6 heteroatoms. The van der Waals surface area contributed by atoms with Crippen LogP contribution in [0.2, 0.25) is 0 Å². The first-order valence-corrected chi connectivity index (χ1v) is 4.66. The normalized spacial score (nSPS) is 14.6. The molecule has 0 spiro atoms. The van der Waals surface area contributed by atoms with E-state index in [1.807, 2.05) is 0 Å². The van der Waals surface area contributed by atoms with Crippen LogP contribution < -0.4 is 9.47 Å². The second-order valence-electron chi connectivity index (χ2n) is 3.45. The molecule has 1 aromatic carbocycles. The fourth-order valence-corrected chi connectivity index (χ4v) is 1.54. The zero-order valence-corrected chi connectivity index (χ0v) is 8.50. The molecule has 16 heavy (non-hydrogen) atoms. The van der Waals surface area contributed by atoms with Gasteiger partial charge in [0.25, 0.3) is 5.69 Å². The quantitative estimate of drug-likeness (QED) is 0.442. The minimum Gasteiger partial charge on any atom is -0.454 e. The highest BCUT2D eigenvalue weighted by atomic mass is 16.7. The predicted octanol–water partition coefficient (Wildman–Crippen LogP) is 1.63. The van der Waals surface area contributed by atoms with Crippen molar-refractivity contribution in [2.24, 2.45) is 0 Å². The molecule has 1 heterocycles. The average molecular weight is 223 g/mol. The summed E-state index contributed by atoms with van der Waals surface area (Å²) in [5.41, 5.74) is 0.216. The Hall–Kier alpha value is -2.11. The molecule has 1 aliphatic rings. The van der Waals surface area contributed by atoms with Gasteiger partial charge >= 0.3 is 0 Å². The van der Waals surface area contributed by atoms with Crippen molar-refractivity contribution in [3.05, 3.63) is 27.8 Å². The van der Waals surface area contributed by atoms with Crippen LogP contribution in [-0.2, 0) is 4.79 Å². The molecule has 1 aliphatic heterocycles. The Balaban J connectivity index is 2.57. The second-order valence-corrected chi connectivity index (χ2v) is 3.45. The smallest absolute Gasteiger partial charge is 0.277 e. The van der Waals surface area contributed by atoms with Crippen LogP contribution in [-0.4, -0.2) is 18.0 Å². The molecule has 84 valence electrons. The van der Waals surface area contributed by atoms with Gasteiger partial charge in [0.15, 0.2) is 11.5 Å². The zero-order chi connectivity index (χ0) is 11.7. The third-order valence-electron chi connectivity index (χ3n) is 2.41. The van der Waals surface area contributed by atoms with E-state index in [1.54, 1.807) is 6.92 Å². The molecular weight excluding hydrogens is 214 g/mol. The largest absolute Gasteiger partial charge is 0.454 e. The summed E-state index contributed by atoms with van der Waals surface area (Å²) in [4.78, 5) is 21.0. The SMILES string of the molecule is CC(C=O)c1cc2c(cc1[N+](=O)[O-])OCO2. The molecule has 0 amide bonds. The fraction of sp³-hybridized carbons (Fsp3) is 0.300. The monoisotopic (exact) mass is 223 g/mol. The molecule has 0 radical (unpaired) electrons. The Morgan fingerprint density at radius 3 is 2.62 bits per heavy atom. The Labute approximate surface area is 90.9 Å². The van der Waals surface area contributed by atoms with E-state index >= 15 is 0 Å². The van der Waals surface area contributed by atoms with Gasteiger partial charge in [0.1, 0.15) is 6.29 Å². The van der Waals surface area contributed by atoms with Crippen molar-refractivity contribution in [3.8, 4) is 11.5 Å². The van der Waals surface area contributed by atoms with Crippen molar-refractivity contribution >= 4 is 12.0 Å². The van der Waals surface area contributed by atoms with E-state index in [9.17, 15) is 14.9 Å². The Morgan fingerprint density at radius 1 is 1.44 bits per heavy atom. The van der Waals surface area contributed by atoms with Crippen LogP contribution in [0.4, 0.5) is 5.69 Å². The van der Waals surface area contributed by atoms with Gasteiger partial charge in [-0.05, 0) is 6.07 Å². The molecule has 0 aliphatic carbocycles. The summed E-state index contributed by atoms with van der Waals surface area (Å²) < 4.78 is 10.2. The van der Waals surface area contributed by atoms with Crippen LogP contribution in [0.15, 0.2) is 12.1 Å². The fourth-order valence-electron chi connectivity index (χ4n) is 1.54. The standard InChI is InChI=1S/C10H9NO5/c1-6(4-12)7-2-9-10(16-5-15-9)3-8(7)11(13)14/h2-4,6H,5H2,1H3. The van der Waals surface area contributed by atoms with Crippen molar-refractivity contribution < 1.29 is 19.2 Å². The topological polar surface area (TPSA) is 78.7 Å². The number of carbonyl (C=O) groups is 1. The third-order valence-corrected chi connectivity index (χ3v) is 2.41. The minimum absolute atomic E-state index is 0.0470. The lowest BCUT2D eigenvalue weighted by Gasteiger charge is -2.06. The molecule has 6 nitrogen and oxygen atoms in total. The molecule has 0 aromatic heterocycles. The Morgan fingerprint density at radius 2 is 2.06 bits per heavy atom. The van der Waals surface area contributed by atoms with E-state index in [4.69, 9.17) is 9.47 Å². The highest BCUT2D eigenvalue weighted by Gasteiger charge is 2.25. The number of benzene rings is 1. The number of hydrogen-bond donors (Lipinski definition) is 0. The van der Waals surface area contributed by atoms with Gasteiger partial charge in [-0.15, -0.1) is 0 Å². The summed E-state index contributed by atoms with van der Waals surface area (Å²) in [5.74, 6) is 0.234. The van der Waals surface area contributed by atoms with Gasteiger partial charge in [-0.25, -0.2) is 0 Å². The molecule has 0 saturated carbocycles. The van der Waals surface area contributed by atoms with E-state index in [-0.39, 0.29) is 12.5 Å². The van der Waals surface area contributed by atoms with Gasteiger partial charge < -0.3 is 14.3 Å². The number of nitro groups is 1. The maximum absolute atomic E-state index is 10.8. The van der Waals surface area contributed by atoms with E-state index < -0.39 is 10.8 Å². The lowest BCUT2D eigenvalue weighted by molar-refractivity contribution is -0.385. The summed E-state index contributed by atoms with van der Waals surface area (Å²) in [6.45, 7) is 1.64. The van der Waals surface area contributed by atoms with Gasteiger partial charge in [-0.2, -0.15) is 0 Å². The van der Waals surface area contributed by atoms with Gasteiger partial charge in [0, 0.05) is 11.5 Å². The molecular formula is C10H9NO5. The van der Waals surface area contributed by atoms with E-state index in [1.165, 1.54) is 12.1 Å². The van der Waals surface area contributed by atoms with Crippen LogP contribution >= 0.6 is 0 Å². The third kappa shape index (κ3) is 1.58. The first-order chi connectivity index (χ1) is 7.63. The number of ether oxygens (including phenoxy) is 2. The van der Waals surface area contributed by atoms with Crippen molar-refractivity contribution in [1.29, 1.82) is 0 Å². The lowest BCUT2D eigenvalue weighted by Crippen LogP contribution is -2.01. The van der Waals surface area contributed by atoms with E-state index in [2.05, 4.69) is 0 Å². The highest BCUT2D eigenvalue weighted by molar-refractivity contribution is 5.68. The molecule has 0 saturated heterocycles. The molecule has 0 N–H and O–H groups in total. The number of aldehydes is 1. The maximum atomic E-state index is 10.8. The molecule has 1 aromatic rings. The second kappa shape index (κ2) is 3.80. The molecule has 1 atom stereocenters. The number of carbonyl (C=O) groups excluding carboxylic acids is 1. The summed E-state index contributed by atoms with van der Waals surface area (Å²) in [5, 5.41) is 10.8. The van der Waals surface area contributed by atoms with Crippen molar-refractivity contribution in [3.63, 3.8) is 0 Å². The maximum Gasteiger partial charge on any atom is 0.277 e. The van der Waals surface area contributed by atoms with Crippen LogP contribution in [0.25, 0.3) is 0 Å². The van der Waals surface area contributed by atoms with Crippen LogP contribution in [0.3, 0.4) is 0 Å². The van der Waals surface area contributed by atoms with Crippen LogP contribution in [0.1, 0.15) is 18.4 Å². The zero-order valence-electron chi connectivity index (χ0n) is 8.50. The molecule has 0 bridgehead atoms. The van der Waals surface area contributed by atoms with Crippen molar-refractivity contribution in [1.82, 2.24) is 0 Å². The van der Waals surface area contributed by atoms with Crippen LogP contribution in [0.5, 0.6) is 11.5 Å². The number of hydrogen-bond acceptors (Lipinski definition) is 5. The van der Waals surface area contributed by atoms with Gasteiger partial charge in [0.2, 0.25) is 6.79 Å². The van der Waals surface area contributed by atoms with Gasteiger partial charge in [-0.1, -0.05) is 6.92 Å². The van der Waals surface area contributed by atoms with Gasteiger partial charge in [-0.3, -0.25) is 10.1 Å². The average Bonchev–Trinajstić information content (AvgIpc) is 2.73. The highest BCUT2D eigenvalue weighted by Crippen LogP contribution is 2.40. The Kier molecular flexibility index (Phi) is 2.47. The predicted molar refractivity (Wildman–Crippen MR) is 53.7 cm³/mol. The lowest BCUT2D eigenvalue weighted by atomic mass is 10.00. The summed E-state index contributed by atoms with van der Waals surface area (Å²) in [6.07, 6.45) is 0.657. The summed E-state index contributed by atoms with van der Waals surface area (Å²) >= 11 is 0. The summed E-state index contributed by atoms with van der Waals surface area (Å²) in [7, 11) is 0. The first kappa shape index (κ1) is 10.4. The summed E-state index contributed by atoms with van der Waals surface area (Å²) in [6, 6.07) is 2.78. The Bertz CT molecular complexity index is 457. The minimum atomic E-state index is -0.546. The van der Waals surface area contributed by atoms with Gasteiger partial charge in [0.05, 0.1) is 11.0 Å². The number of rotatable bonds is 3. The molecule has 0 fully saturated rings. The van der Waals surface area contributed by atoms with Crippen molar-refractivity contribution in [2.75, 3.05) is 6.79 Å². The molecule has 2 rings (SSSR count). The van der Waals surface area contributed by atoms with E-state index in [0.29, 0.717) is 23.3 Å². The number of nitrogens with zero attached hydrogens (tertiary/aromatic N) is 1. The van der Waals surface area contributed by atoms with Crippen LogP contribution in [0, 0.1) is 10.1 Å². The number of fused-ring (bicyclic) bond motifs is 1. The number of nitro benzene ring substituents is 1.